The monoisotopic (exact) mass is 718 g/mol. The van der Waals surface area contributed by atoms with Gasteiger partial charge in [-0.2, -0.15) is 0 Å². The van der Waals surface area contributed by atoms with Gasteiger partial charge in [0, 0.05) is 18.5 Å². The van der Waals surface area contributed by atoms with Crippen LogP contribution in [0.4, 0.5) is 0 Å². The zero-order valence-electron chi connectivity index (χ0n) is 30.3. The number of hydrogen-bond acceptors (Lipinski definition) is 10. The van der Waals surface area contributed by atoms with Crippen LogP contribution in [0, 0.1) is 0 Å². The fourth-order valence-electron chi connectivity index (χ4n) is 6.26. The lowest BCUT2D eigenvalue weighted by Gasteiger charge is -2.35. The smallest absolute Gasteiger partial charge is 0.339 e. The third kappa shape index (κ3) is 8.69. The van der Waals surface area contributed by atoms with E-state index in [1.165, 1.54) is 4.90 Å². The number of allylic oxidation sites excluding steroid dienone is 1. The molecule has 11 heteroatoms. The predicted octanol–water partition coefficient (Wildman–Crippen LogP) is 8.03. The molecule has 1 aliphatic rings. The molecule has 0 radical (unpaired) electrons. The summed E-state index contributed by atoms with van der Waals surface area (Å²) in [6.07, 6.45) is 3.46. The van der Waals surface area contributed by atoms with Gasteiger partial charge in [0.25, 0.3) is 5.91 Å². The number of carbonyl (C=O) groups is 3. The number of aromatic nitrogens is 1. The van der Waals surface area contributed by atoms with Crippen molar-refractivity contribution < 1.29 is 42.9 Å². The molecule has 0 saturated heterocycles. The van der Waals surface area contributed by atoms with Crippen LogP contribution >= 0.6 is 0 Å². The lowest BCUT2D eigenvalue weighted by atomic mass is 9.87. The standard InChI is InChI=1S/C42H42N2O9/c1-26(31(30-19-20-35-36(22-30)51-25-50-35)13-10-16-37-43-33-14-8-9-15-34(33)52-37)44(24-27-17-18-28-11-6-7-12-29(28)21-27)40(47)39(46)32(23-38(45)49-5)41(48)53-42(2,3)4/h6-12,14-22,26,31,46H,13,23-25H2,1-5H3/t26-,31+/m1/s1. The predicted molar refractivity (Wildman–Crippen MR) is 199 cm³/mol. The number of fused-ring (bicyclic) bond motifs is 3. The van der Waals surface area contributed by atoms with Crippen LogP contribution < -0.4 is 9.47 Å². The highest BCUT2D eigenvalue weighted by Gasteiger charge is 2.35. The summed E-state index contributed by atoms with van der Waals surface area (Å²) >= 11 is 0. The van der Waals surface area contributed by atoms with Crippen LogP contribution in [0.25, 0.3) is 27.9 Å². The fourth-order valence-corrected chi connectivity index (χ4v) is 6.26. The summed E-state index contributed by atoms with van der Waals surface area (Å²) in [7, 11) is 1.16. The van der Waals surface area contributed by atoms with Gasteiger partial charge in [0.2, 0.25) is 12.7 Å². The van der Waals surface area contributed by atoms with Gasteiger partial charge in [0.1, 0.15) is 11.1 Å². The molecule has 0 spiro atoms. The maximum atomic E-state index is 14.6. The minimum atomic E-state index is -0.999. The van der Waals surface area contributed by atoms with Crippen molar-refractivity contribution in [2.45, 2.75) is 64.6 Å². The number of ether oxygens (including phenoxy) is 4. The molecular weight excluding hydrogens is 676 g/mol. The van der Waals surface area contributed by atoms with Crippen LogP contribution in [0.1, 0.15) is 63.5 Å². The minimum absolute atomic E-state index is 0.0601. The van der Waals surface area contributed by atoms with E-state index in [-0.39, 0.29) is 19.3 Å². The fraction of sp³-hybridized carbons (Fsp3) is 0.286. The first kappa shape index (κ1) is 36.7. The number of nitrogens with zero attached hydrogens (tertiary/aromatic N) is 2. The number of aliphatic hydroxyl groups is 1. The maximum Gasteiger partial charge on any atom is 0.339 e. The van der Waals surface area contributed by atoms with Gasteiger partial charge >= 0.3 is 11.9 Å². The number of oxazole rings is 1. The molecule has 11 nitrogen and oxygen atoms in total. The van der Waals surface area contributed by atoms with Gasteiger partial charge in [-0.25, -0.2) is 9.78 Å². The topological polar surface area (TPSA) is 138 Å². The first-order chi connectivity index (χ1) is 25.4. The molecule has 0 aliphatic carbocycles. The number of rotatable bonds is 12. The molecule has 0 unspecified atom stereocenters. The molecule has 1 aromatic heterocycles. The van der Waals surface area contributed by atoms with Gasteiger partial charge in [0.15, 0.2) is 22.8 Å². The van der Waals surface area contributed by atoms with Crippen LogP contribution in [0.2, 0.25) is 0 Å². The Labute approximate surface area is 307 Å². The van der Waals surface area contributed by atoms with Gasteiger partial charge in [-0.05, 0) is 92.4 Å². The summed E-state index contributed by atoms with van der Waals surface area (Å²) < 4.78 is 27.5. The molecule has 1 N–H and O–H groups in total. The third-order valence-corrected chi connectivity index (χ3v) is 8.97. The minimum Gasteiger partial charge on any atom is -0.503 e. The molecule has 1 amide bonds. The lowest BCUT2D eigenvalue weighted by molar-refractivity contribution is -0.153. The van der Waals surface area contributed by atoms with Crippen molar-refractivity contribution in [3.63, 3.8) is 0 Å². The van der Waals surface area contributed by atoms with Crippen molar-refractivity contribution in [1.29, 1.82) is 0 Å². The zero-order chi connectivity index (χ0) is 37.7. The molecule has 1 aliphatic heterocycles. The summed E-state index contributed by atoms with van der Waals surface area (Å²) in [5, 5.41) is 13.6. The Morgan fingerprint density at radius 1 is 0.943 bits per heavy atom. The van der Waals surface area contributed by atoms with Crippen LogP contribution in [-0.4, -0.2) is 58.4 Å². The maximum absolute atomic E-state index is 14.6. The van der Waals surface area contributed by atoms with Crippen molar-refractivity contribution in [2.75, 3.05) is 13.9 Å². The molecule has 53 heavy (non-hydrogen) atoms. The van der Waals surface area contributed by atoms with E-state index >= 15 is 0 Å². The Bertz CT molecular complexity index is 2180. The Hall–Kier alpha value is -6.10. The lowest BCUT2D eigenvalue weighted by Crippen LogP contribution is -2.43. The second kappa shape index (κ2) is 15.6. The summed E-state index contributed by atoms with van der Waals surface area (Å²) in [5.41, 5.74) is 1.55. The Morgan fingerprint density at radius 3 is 2.43 bits per heavy atom. The van der Waals surface area contributed by atoms with E-state index in [4.69, 9.17) is 23.4 Å². The van der Waals surface area contributed by atoms with E-state index in [9.17, 15) is 19.5 Å². The molecule has 6 rings (SSSR count). The molecule has 2 heterocycles. The first-order valence-electron chi connectivity index (χ1n) is 17.3. The van der Waals surface area contributed by atoms with Crippen molar-refractivity contribution >= 4 is 45.8 Å². The number of esters is 2. The van der Waals surface area contributed by atoms with E-state index in [0.717, 1.165) is 34.5 Å². The van der Waals surface area contributed by atoms with Gasteiger partial charge in [-0.3, -0.25) is 9.59 Å². The van der Waals surface area contributed by atoms with Gasteiger partial charge in [-0.15, -0.1) is 0 Å². The van der Waals surface area contributed by atoms with E-state index in [1.807, 2.05) is 97.9 Å². The van der Waals surface area contributed by atoms with Crippen molar-refractivity contribution in [3.8, 4) is 11.5 Å². The number of amides is 1. The molecular formula is C42H42N2O9. The summed E-state index contributed by atoms with van der Waals surface area (Å²) in [5.74, 6) is -2.35. The molecule has 2 atom stereocenters. The van der Waals surface area contributed by atoms with Crippen LogP contribution in [-0.2, 0) is 30.4 Å². The van der Waals surface area contributed by atoms with Crippen molar-refractivity contribution in [2.24, 2.45) is 0 Å². The third-order valence-electron chi connectivity index (χ3n) is 8.97. The molecule has 0 fully saturated rings. The van der Waals surface area contributed by atoms with Gasteiger partial charge in [-0.1, -0.05) is 60.7 Å². The average Bonchev–Trinajstić information content (AvgIpc) is 3.79. The Kier molecular flexibility index (Phi) is 10.8. The van der Waals surface area contributed by atoms with E-state index in [2.05, 4.69) is 4.98 Å². The highest BCUT2D eigenvalue weighted by Crippen LogP contribution is 2.38. The average molecular weight is 719 g/mol. The van der Waals surface area contributed by atoms with Crippen molar-refractivity contribution in [1.82, 2.24) is 9.88 Å². The Balaban J connectivity index is 1.42. The summed E-state index contributed by atoms with van der Waals surface area (Å²) in [6, 6.07) is 26.2. The molecule has 5 aromatic rings. The number of methoxy groups -OCH3 is 1. The van der Waals surface area contributed by atoms with Crippen LogP contribution in [0.5, 0.6) is 11.5 Å². The number of para-hydroxylation sites is 2. The number of benzene rings is 4. The second-order valence-corrected chi connectivity index (χ2v) is 13.8. The molecule has 4 aromatic carbocycles. The van der Waals surface area contributed by atoms with Crippen molar-refractivity contribution in [3.05, 3.63) is 119 Å². The summed E-state index contributed by atoms with van der Waals surface area (Å²) in [6.45, 7) is 6.98. The number of aliphatic hydroxyl groups excluding tert-OH is 1. The molecule has 274 valence electrons. The SMILES string of the molecule is COC(=O)CC(C(=O)OC(C)(C)C)=C(O)C(=O)N(Cc1ccc2ccccc2c1)[C@H](C)[C@H](CC=Cc1nc2ccccc2o1)c1ccc2c(c1)OCO2. The largest absolute Gasteiger partial charge is 0.503 e. The van der Waals surface area contributed by atoms with Crippen LogP contribution in [0.15, 0.2) is 107 Å². The summed E-state index contributed by atoms with van der Waals surface area (Å²) in [4.78, 5) is 46.5. The normalized spacial score (nSPS) is 14.2. The molecule has 0 bridgehead atoms. The van der Waals surface area contributed by atoms with E-state index in [0.29, 0.717) is 29.4 Å². The highest BCUT2D eigenvalue weighted by molar-refractivity contribution is 6.03. The van der Waals surface area contributed by atoms with E-state index in [1.54, 1.807) is 26.8 Å². The number of hydrogen-bond donors (Lipinski definition) is 1. The zero-order valence-corrected chi connectivity index (χ0v) is 30.3. The molecule has 0 saturated carbocycles. The second-order valence-electron chi connectivity index (χ2n) is 13.8. The highest BCUT2D eigenvalue weighted by atomic mass is 16.7. The number of carbonyl (C=O) groups excluding carboxylic acids is 3. The first-order valence-corrected chi connectivity index (χ1v) is 17.3. The van der Waals surface area contributed by atoms with Gasteiger partial charge in [0.05, 0.1) is 19.1 Å². The Morgan fingerprint density at radius 2 is 1.68 bits per heavy atom. The van der Waals surface area contributed by atoms with Gasteiger partial charge < -0.3 is 33.4 Å². The van der Waals surface area contributed by atoms with Crippen LogP contribution in [0.3, 0.4) is 0 Å². The quantitative estimate of drug-likeness (QED) is 0.0767. The van der Waals surface area contributed by atoms with E-state index < -0.39 is 47.2 Å².